The Morgan fingerprint density at radius 3 is 2.82 bits per heavy atom. The maximum atomic E-state index is 12.1. The molecule has 0 aliphatic carbocycles. The van der Waals surface area contributed by atoms with Crippen LogP contribution in [0.3, 0.4) is 0 Å². The molecule has 10 heteroatoms. The molecule has 1 heterocycles. The number of nitrogens with one attached hydrogen (secondary N) is 1. The van der Waals surface area contributed by atoms with Gasteiger partial charge in [0.25, 0.3) is 0 Å². The molecule has 1 aliphatic rings. The van der Waals surface area contributed by atoms with E-state index in [1.54, 1.807) is 11.8 Å². The van der Waals surface area contributed by atoms with Gasteiger partial charge in [0.15, 0.2) is 0 Å². The smallest absolute Gasteiger partial charge is 0.305 e. The Morgan fingerprint density at radius 1 is 1.45 bits per heavy atom. The molecule has 0 aromatic rings. The molecule has 0 bridgehead atoms. The summed E-state index contributed by atoms with van der Waals surface area (Å²) in [4.78, 5) is 24.4. The summed E-state index contributed by atoms with van der Waals surface area (Å²) in [7, 11) is -2.04. The maximum absolute atomic E-state index is 12.1. The van der Waals surface area contributed by atoms with Crippen LogP contribution in [0.5, 0.6) is 0 Å². The predicted molar refractivity (Wildman–Crippen MR) is 83.4 cm³/mol. The summed E-state index contributed by atoms with van der Waals surface area (Å²) in [5.74, 6) is -0.184. The van der Waals surface area contributed by atoms with E-state index in [0.29, 0.717) is 25.3 Å². The highest BCUT2D eigenvalue weighted by atomic mass is 32.2. The molecule has 1 unspecified atom stereocenters. The second kappa shape index (κ2) is 9.33. The van der Waals surface area contributed by atoms with Gasteiger partial charge in [0.05, 0.1) is 24.8 Å². The summed E-state index contributed by atoms with van der Waals surface area (Å²) < 4.78 is 30.5. The van der Waals surface area contributed by atoms with Gasteiger partial charge in [-0.1, -0.05) is 0 Å². The molecule has 1 saturated heterocycles. The number of ether oxygens (including phenoxy) is 1. The van der Waals surface area contributed by atoms with Crippen LogP contribution >= 0.6 is 11.8 Å². The average molecular weight is 354 g/mol. The van der Waals surface area contributed by atoms with Gasteiger partial charge < -0.3 is 14.7 Å². The third kappa shape index (κ3) is 6.95. The molecule has 1 rings (SSSR count). The van der Waals surface area contributed by atoms with E-state index in [4.69, 9.17) is 9.84 Å². The van der Waals surface area contributed by atoms with Crippen molar-refractivity contribution in [2.75, 3.05) is 44.1 Å². The van der Waals surface area contributed by atoms with Crippen molar-refractivity contribution >= 4 is 33.7 Å². The lowest BCUT2D eigenvalue weighted by Gasteiger charge is -2.34. The average Bonchev–Trinajstić information content (AvgIpc) is 2.45. The van der Waals surface area contributed by atoms with E-state index in [1.165, 1.54) is 12.0 Å². The van der Waals surface area contributed by atoms with Crippen molar-refractivity contribution < 1.29 is 27.9 Å². The largest absolute Gasteiger partial charge is 0.481 e. The van der Waals surface area contributed by atoms with E-state index in [1.807, 2.05) is 0 Å². The summed E-state index contributed by atoms with van der Waals surface area (Å²) in [6.45, 7) is 0.432. The van der Waals surface area contributed by atoms with E-state index in [9.17, 15) is 18.0 Å². The van der Waals surface area contributed by atoms with Gasteiger partial charge >= 0.3 is 5.97 Å². The second-order valence-corrected chi connectivity index (χ2v) is 7.98. The van der Waals surface area contributed by atoms with Gasteiger partial charge in [0.1, 0.15) is 0 Å². The molecule has 0 aromatic carbocycles. The third-order valence-electron chi connectivity index (χ3n) is 3.16. The zero-order chi connectivity index (χ0) is 16.6. The predicted octanol–water partition coefficient (Wildman–Crippen LogP) is -0.639. The SMILES string of the molecule is COCCCS(=O)(=O)NCC(=O)N1CCSCC1CC(=O)O. The van der Waals surface area contributed by atoms with Crippen molar-refractivity contribution in [3.8, 4) is 0 Å². The van der Waals surface area contributed by atoms with Gasteiger partial charge in [-0.15, -0.1) is 0 Å². The van der Waals surface area contributed by atoms with Crippen LogP contribution in [0.15, 0.2) is 0 Å². The number of carboxylic acid groups (broad SMARTS) is 1. The molecule has 1 aliphatic heterocycles. The van der Waals surface area contributed by atoms with E-state index < -0.39 is 16.0 Å². The first-order valence-electron chi connectivity index (χ1n) is 6.91. The van der Waals surface area contributed by atoms with Gasteiger partial charge in [-0.05, 0) is 6.42 Å². The summed E-state index contributed by atoms with van der Waals surface area (Å²) in [5.41, 5.74) is 0. The number of methoxy groups -OCH3 is 1. The molecule has 0 saturated carbocycles. The Kier molecular flexibility index (Phi) is 8.15. The molecule has 1 atom stereocenters. The van der Waals surface area contributed by atoms with E-state index in [0.717, 1.165) is 5.75 Å². The quantitative estimate of drug-likeness (QED) is 0.530. The number of nitrogens with zero attached hydrogens (tertiary/aromatic N) is 1. The van der Waals surface area contributed by atoms with Crippen LogP contribution in [0.2, 0.25) is 0 Å². The van der Waals surface area contributed by atoms with Crippen LogP contribution < -0.4 is 4.72 Å². The molecule has 0 spiro atoms. The van der Waals surface area contributed by atoms with Crippen LogP contribution in [0, 0.1) is 0 Å². The minimum atomic E-state index is -3.53. The first-order valence-corrected chi connectivity index (χ1v) is 9.71. The zero-order valence-electron chi connectivity index (χ0n) is 12.5. The molecule has 2 N–H and O–H groups in total. The highest BCUT2D eigenvalue weighted by Crippen LogP contribution is 2.19. The molecule has 8 nitrogen and oxygen atoms in total. The monoisotopic (exact) mass is 354 g/mol. The molecule has 128 valence electrons. The fourth-order valence-corrected chi connectivity index (χ4v) is 4.14. The number of sulfonamides is 1. The van der Waals surface area contributed by atoms with E-state index >= 15 is 0 Å². The van der Waals surface area contributed by atoms with Gasteiger partial charge in [0, 0.05) is 31.8 Å². The fourth-order valence-electron chi connectivity index (χ4n) is 2.09. The molecule has 1 amide bonds. The molecular formula is C12H22N2O6S2. The highest BCUT2D eigenvalue weighted by molar-refractivity contribution is 7.99. The van der Waals surface area contributed by atoms with Crippen molar-refractivity contribution in [3.05, 3.63) is 0 Å². The molecule has 0 aromatic heterocycles. The molecule has 1 fully saturated rings. The number of amides is 1. The molecule has 22 heavy (non-hydrogen) atoms. The van der Waals surface area contributed by atoms with Gasteiger partial charge in [-0.2, -0.15) is 11.8 Å². The van der Waals surface area contributed by atoms with Crippen LogP contribution in [-0.4, -0.2) is 80.4 Å². The van der Waals surface area contributed by atoms with Crippen molar-refractivity contribution in [3.63, 3.8) is 0 Å². The van der Waals surface area contributed by atoms with Crippen LogP contribution in [0.1, 0.15) is 12.8 Å². The number of thioether (sulfide) groups is 1. The van der Waals surface area contributed by atoms with Crippen molar-refractivity contribution in [2.24, 2.45) is 0 Å². The number of aliphatic carboxylic acids is 1. The number of carbonyl (C=O) groups excluding carboxylic acids is 1. The Balaban J connectivity index is 2.50. The molecule has 0 radical (unpaired) electrons. The van der Waals surface area contributed by atoms with Gasteiger partial charge in [-0.25, -0.2) is 13.1 Å². The Bertz CT molecular complexity index is 482. The number of hydrogen-bond donors (Lipinski definition) is 2. The zero-order valence-corrected chi connectivity index (χ0v) is 14.1. The lowest BCUT2D eigenvalue weighted by molar-refractivity contribution is -0.140. The number of hydrogen-bond acceptors (Lipinski definition) is 6. The lowest BCUT2D eigenvalue weighted by atomic mass is 10.2. The van der Waals surface area contributed by atoms with Crippen LogP contribution in [-0.2, 0) is 24.3 Å². The van der Waals surface area contributed by atoms with E-state index in [-0.39, 0.29) is 30.7 Å². The number of carboxylic acids is 1. The van der Waals surface area contributed by atoms with Gasteiger partial charge in [-0.3, -0.25) is 9.59 Å². The number of carbonyl (C=O) groups is 2. The van der Waals surface area contributed by atoms with Gasteiger partial charge in [0.2, 0.25) is 15.9 Å². The van der Waals surface area contributed by atoms with Crippen molar-refractivity contribution in [1.29, 1.82) is 0 Å². The Labute approximate surface area is 134 Å². The summed E-state index contributed by atoms with van der Waals surface area (Å²) in [5, 5.41) is 8.87. The Morgan fingerprint density at radius 2 is 2.18 bits per heavy atom. The molecular weight excluding hydrogens is 332 g/mol. The lowest BCUT2D eigenvalue weighted by Crippen LogP contribution is -2.50. The first kappa shape index (κ1) is 19.2. The number of rotatable bonds is 9. The summed E-state index contributed by atoms with van der Waals surface area (Å²) in [6.07, 6.45) is 0.224. The van der Waals surface area contributed by atoms with E-state index in [2.05, 4.69) is 4.72 Å². The fraction of sp³-hybridized carbons (Fsp3) is 0.833. The normalized spacial score (nSPS) is 19.1. The third-order valence-corrected chi connectivity index (χ3v) is 5.66. The second-order valence-electron chi connectivity index (χ2n) is 4.90. The summed E-state index contributed by atoms with van der Waals surface area (Å²) >= 11 is 1.59. The van der Waals surface area contributed by atoms with Crippen LogP contribution in [0.25, 0.3) is 0 Å². The topological polar surface area (TPSA) is 113 Å². The minimum absolute atomic E-state index is 0.109. The maximum Gasteiger partial charge on any atom is 0.305 e. The standard InChI is InChI=1S/C12H22N2O6S2/c1-20-4-2-6-22(18,19)13-8-11(15)14-3-5-21-9-10(14)7-12(16)17/h10,13H,2-9H2,1H3,(H,16,17). The van der Waals surface area contributed by atoms with Crippen LogP contribution in [0.4, 0.5) is 0 Å². The highest BCUT2D eigenvalue weighted by Gasteiger charge is 2.29. The summed E-state index contributed by atoms with van der Waals surface area (Å²) in [6, 6.07) is -0.387. The van der Waals surface area contributed by atoms with Crippen molar-refractivity contribution in [1.82, 2.24) is 9.62 Å². The van der Waals surface area contributed by atoms with Crippen molar-refractivity contribution in [2.45, 2.75) is 18.9 Å². The Hall–Kier alpha value is -0.840. The first-order chi connectivity index (χ1) is 10.4. The minimum Gasteiger partial charge on any atom is -0.481 e.